The van der Waals surface area contributed by atoms with Gasteiger partial charge in [0.2, 0.25) is 0 Å². The molecule has 0 aliphatic rings. The van der Waals surface area contributed by atoms with Crippen LogP contribution in [0.15, 0.2) is 41.0 Å². The first-order valence-corrected chi connectivity index (χ1v) is 11.3. The third-order valence-electron chi connectivity index (χ3n) is 5.30. The highest BCUT2D eigenvalue weighted by Gasteiger charge is 2.22. The standard InChI is InChI=1S/C23H26BrN7O/c1-14(2)17-8-9-20(18(24)13-17)31-23-21(28-29-31)22(26-16(4)27-23)30(11-12-32-5)19-7-6-10-25-15(19)3/h6-10,13-14H,11-12H2,1-5H3. The van der Waals surface area contributed by atoms with Crippen LogP contribution < -0.4 is 4.90 Å². The second-order valence-corrected chi connectivity index (χ2v) is 8.74. The van der Waals surface area contributed by atoms with Gasteiger partial charge >= 0.3 is 0 Å². The van der Waals surface area contributed by atoms with Crippen molar-refractivity contribution in [1.82, 2.24) is 29.9 Å². The number of rotatable bonds is 7. The van der Waals surface area contributed by atoms with E-state index in [9.17, 15) is 0 Å². The van der Waals surface area contributed by atoms with Crippen molar-refractivity contribution in [3.05, 3.63) is 58.1 Å². The van der Waals surface area contributed by atoms with E-state index in [1.165, 1.54) is 5.56 Å². The van der Waals surface area contributed by atoms with Crippen molar-refractivity contribution in [2.75, 3.05) is 25.2 Å². The van der Waals surface area contributed by atoms with E-state index in [-0.39, 0.29) is 0 Å². The van der Waals surface area contributed by atoms with Crippen molar-refractivity contribution in [3.63, 3.8) is 0 Å². The summed E-state index contributed by atoms with van der Waals surface area (Å²) < 4.78 is 8.06. The molecule has 1 aromatic carbocycles. The second kappa shape index (κ2) is 9.30. The molecule has 0 saturated heterocycles. The van der Waals surface area contributed by atoms with Gasteiger partial charge in [0.25, 0.3) is 0 Å². The van der Waals surface area contributed by atoms with Crippen LogP contribution in [0.1, 0.15) is 36.8 Å². The Bertz CT molecular complexity index is 1250. The Labute approximate surface area is 195 Å². The lowest BCUT2D eigenvalue weighted by Crippen LogP contribution is -2.24. The van der Waals surface area contributed by atoms with Crippen molar-refractivity contribution in [2.24, 2.45) is 0 Å². The van der Waals surface area contributed by atoms with E-state index < -0.39 is 0 Å². The maximum Gasteiger partial charge on any atom is 0.189 e. The maximum atomic E-state index is 5.37. The molecule has 0 radical (unpaired) electrons. The number of hydrogen-bond donors (Lipinski definition) is 0. The molecule has 4 aromatic rings. The maximum absolute atomic E-state index is 5.37. The number of methoxy groups -OCH3 is 1. The van der Waals surface area contributed by atoms with Gasteiger partial charge in [0.05, 0.1) is 23.7 Å². The van der Waals surface area contributed by atoms with Gasteiger partial charge in [0, 0.05) is 24.3 Å². The van der Waals surface area contributed by atoms with E-state index in [2.05, 4.69) is 67.1 Å². The Balaban J connectivity index is 1.89. The van der Waals surface area contributed by atoms with Crippen molar-refractivity contribution >= 4 is 38.6 Å². The van der Waals surface area contributed by atoms with Crippen LogP contribution in [0.25, 0.3) is 16.9 Å². The molecule has 0 aliphatic carbocycles. The molecule has 0 unspecified atom stereocenters. The zero-order valence-corrected chi connectivity index (χ0v) is 20.5. The molecule has 3 heterocycles. The molecule has 0 spiro atoms. The number of fused-ring (bicyclic) bond motifs is 1. The molecule has 0 fully saturated rings. The summed E-state index contributed by atoms with van der Waals surface area (Å²) in [6.45, 7) is 9.31. The van der Waals surface area contributed by atoms with Crippen LogP contribution in [0.2, 0.25) is 0 Å². The largest absolute Gasteiger partial charge is 0.383 e. The third kappa shape index (κ3) is 4.22. The molecule has 32 heavy (non-hydrogen) atoms. The molecular formula is C23H26BrN7O. The summed E-state index contributed by atoms with van der Waals surface area (Å²) in [6.07, 6.45) is 1.78. The number of pyridine rings is 1. The average Bonchev–Trinajstić information content (AvgIpc) is 3.18. The van der Waals surface area contributed by atoms with Gasteiger partial charge in [-0.2, -0.15) is 4.68 Å². The molecule has 4 rings (SSSR count). The lowest BCUT2D eigenvalue weighted by atomic mass is 10.0. The molecule has 0 amide bonds. The van der Waals surface area contributed by atoms with Crippen LogP contribution >= 0.6 is 15.9 Å². The molecule has 9 heteroatoms. The number of nitrogens with zero attached hydrogens (tertiary/aromatic N) is 7. The lowest BCUT2D eigenvalue weighted by molar-refractivity contribution is 0.207. The highest BCUT2D eigenvalue weighted by atomic mass is 79.9. The fourth-order valence-corrected chi connectivity index (χ4v) is 4.16. The molecular weight excluding hydrogens is 470 g/mol. The summed E-state index contributed by atoms with van der Waals surface area (Å²) in [7, 11) is 1.68. The highest BCUT2D eigenvalue weighted by Crippen LogP contribution is 2.32. The van der Waals surface area contributed by atoms with E-state index in [4.69, 9.17) is 9.72 Å². The molecule has 0 saturated carbocycles. The topological polar surface area (TPSA) is 81.8 Å². The number of hydrogen-bond acceptors (Lipinski definition) is 7. The molecule has 3 aromatic heterocycles. The van der Waals surface area contributed by atoms with Gasteiger partial charge in [0.1, 0.15) is 5.82 Å². The monoisotopic (exact) mass is 495 g/mol. The predicted molar refractivity (Wildman–Crippen MR) is 129 cm³/mol. The van der Waals surface area contributed by atoms with Gasteiger partial charge < -0.3 is 9.64 Å². The Kier molecular flexibility index (Phi) is 6.48. The summed E-state index contributed by atoms with van der Waals surface area (Å²) >= 11 is 3.70. The lowest BCUT2D eigenvalue weighted by Gasteiger charge is -2.25. The Morgan fingerprint density at radius 2 is 1.97 bits per heavy atom. The Hall–Kier alpha value is -2.91. The molecule has 0 bridgehead atoms. The highest BCUT2D eigenvalue weighted by molar-refractivity contribution is 9.10. The van der Waals surface area contributed by atoms with E-state index in [1.807, 2.05) is 32.0 Å². The van der Waals surface area contributed by atoms with Gasteiger partial charge in [-0.25, -0.2) is 9.97 Å². The SMILES string of the molecule is COCCN(c1cccnc1C)c1nc(C)nc2c1nnn2-c1ccc(C(C)C)cc1Br. The zero-order chi connectivity index (χ0) is 22.8. The molecule has 0 N–H and O–H groups in total. The quantitative estimate of drug-likeness (QED) is 0.360. The van der Waals surface area contributed by atoms with Crippen molar-refractivity contribution in [3.8, 4) is 5.69 Å². The number of aryl methyl sites for hydroxylation is 2. The van der Waals surface area contributed by atoms with Crippen molar-refractivity contribution < 1.29 is 4.74 Å². The first-order chi connectivity index (χ1) is 15.4. The zero-order valence-electron chi connectivity index (χ0n) is 18.9. The van der Waals surface area contributed by atoms with Crippen LogP contribution in [-0.2, 0) is 4.74 Å². The van der Waals surface area contributed by atoms with Crippen LogP contribution in [0.3, 0.4) is 0 Å². The van der Waals surface area contributed by atoms with E-state index in [0.717, 1.165) is 21.5 Å². The Morgan fingerprint density at radius 1 is 1.16 bits per heavy atom. The smallest absolute Gasteiger partial charge is 0.189 e. The average molecular weight is 496 g/mol. The van der Waals surface area contributed by atoms with Crippen LogP contribution in [0.4, 0.5) is 11.5 Å². The van der Waals surface area contributed by atoms with Crippen LogP contribution in [0.5, 0.6) is 0 Å². The van der Waals surface area contributed by atoms with Crippen LogP contribution in [-0.4, -0.2) is 50.2 Å². The summed E-state index contributed by atoms with van der Waals surface area (Å²) in [5, 5.41) is 8.93. The van der Waals surface area contributed by atoms with E-state index in [0.29, 0.717) is 41.9 Å². The van der Waals surface area contributed by atoms with E-state index in [1.54, 1.807) is 18.0 Å². The van der Waals surface area contributed by atoms with Crippen molar-refractivity contribution in [2.45, 2.75) is 33.6 Å². The second-order valence-electron chi connectivity index (χ2n) is 7.89. The Morgan fingerprint density at radius 3 is 2.66 bits per heavy atom. The van der Waals surface area contributed by atoms with Gasteiger partial charge in [-0.1, -0.05) is 25.1 Å². The summed E-state index contributed by atoms with van der Waals surface area (Å²) in [6, 6.07) is 10.2. The third-order valence-corrected chi connectivity index (χ3v) is 5.94. The molecule has 8 nitrogen and oxygen atoms in total. The number of anilines is 2. The summed E-state index contributed by atoms with van der Waals surface area (Å²) in [5.74, 6) is 1.75. The predicted octanol–water partition coefficient (Wildman–Crippen LogP) is 4.89. The summed E-state index contributed by atoms with van der Waals surface area (Å²) in [5.41, 5.74) is 5.23. The van der Waals surface area contributed by atoms with Gasteiger partial charge in [-0.3, -0.25) is 4.98 Å². The number of benzene rings is 1. The molecule has 0 atom stereocenters. The number of ether oxygens (including phenoxy) is 1. The fourth-order valence-electron chi connectivity index (χ4n) is 3.59. The fraction of sp³-hybridized carbons (Fsp3) is 0.348. The van der Waals surface area contributed by atoms with Crippen molar-refractivity contribution in [1.29, 1.82) is 0 Å². The van der Waals surface area contributed by atoms with Crippen LogP contribution in [0, 0.1) is 13.8 Å². The van der Waals surface area contributed by atoms with Gasteiger partial charge in [-0.05, 0) is 65.5 Å². The first kappa shape index (κ1) is 22.3. The summed E-state index contributed by atoms with van der Waals surface area (Å²) in [4.78, 5) is 15.9. The normalized spacial score (nSPS) is 11.5. The van der Waals surface area contributed by atoms with Gasteiger partial charge in [0.15, 0.2) is 17.0 Å². The first-order valence-electron chi connectivity index (χ1n) is 10.5. The minimum Gasteiger partial charge on any atom is -0.383 e. The molecule has 166 valence electrons. The molecule has 0 aliphatic heterocycles. The minimum absolute atomic E-state index is 0.432. The van der Waals surface area contributed by atoms with Gasteiger partial charge in [-0.15, -0.1) is 5.10 Å². The number of aromatic nitrogens is 6. The number of halogens is 1. The van der Waals surface area contributed by atoms with E-state index >= 15 is 0 Å². The minimum atomic E-state index is 0.432.